The summed E-state index contributed by atoms with van der Waals surface area (Å²) in [5.74, 6) is -0.817. The SMILES string of the molecule is CCCCCCCC/C=C\CCCCCCCCCCCCCC(=O)O[C@H](COC(=O)CCCCCCCCCCCCCCCCCCCCC)COP(=O)([O-])OCC[N+](C)(C)C. The zero-order valence-electron chi connectivity index (χ0n) is 43.0. The van der Waals surface area contributed by atoms with Gasteiger partial charge in [0, 0.05) is 12.8 Å². The van der Waals surface area contributed by atoms with Crippen LogP contribution >= 0.6 is 7.82 Å². The van der Waals surface area contributed by atoms with Crippen molar-refractivity contribution < 1.29 is 42.1 Å². The van der Waals surface area contributed by atoms with Gasteiger partial charge in [-0.25, -0.2) is 0 Å². The number of unbranched alkanes of at least 4 members (excludes halogenated alkanes) is 35. The lowest BCUT2D eigenvalue weighted by Gasteiger charge is -2.28. The minimum atomic E-state index is -4.63. The first kappa shape index (κ1) is 62.8. The average molecular weight is 928 g/mol. The van der Waals surface area contributed by atoms with Gasteiger partial charge in [-0.3, -0.25) is 14.2 Å². The highest BCUT2D eigenvalue weighted by molar-refractivity contribution is 7.45. The number of rotatable bonds is 51. The van der Waals surface area contributed by atoms with E-state index in [0.717, 1.165) is 38.5 Å². The highest BCUT2D eigenvalue weighted by atomic mass is 31.2. The van der Waals surface area contributed by atoms with E-state index in [2.05, 4.69) is 26.0 Å². The van der Waals surface area contributed by atoms with Gasteiger partial charge in [0.15, 0.2) is 6.10 Å². The summed E-state index contributed by atoms with van der Waals surface area (Å²) in [6.07, 6.45) is 52.4. The molecule has 0 aliphatic carbocycles. The predicted molar refractivity (Wildman–Crippen MR) is 268 cm³/mol. The topological polar surface area (TPSA) is 111 Å². The van der Waals surface area contributed by atoms with Crippen molar-refractivity contribution in [3.05, 3.63) is 12.2 Å². The van der Waals surface area contributed by atoms with Crippen LogP contribution in [0, 0.1) is 0 Å². The monoisotopic (exact) mass is 928 g/mol. The molecule has 0 aliphatic heterocycles. The Bertz CT molecular complexity index is 1100. The molecule has 0 aliphatic rings. The van der Waals surface area contributed by atoms with E-state index in [1.54, 1.807) is 0 Å². The van der Waals surface area contributed by atoms with Crippen LogP contribution in [-0.2, 0) is 32.7 Å². The summed E-state index contributed by atoms with van der Waals surface area (Å²) in [4.78, 5) is 37.8. The number of hydrogen-bond acceptors (Lipinski definition) is 8. The van der Waals surface area contributed by atoms with Gasteiger partial charge in [-0.2, -0.15) is 0 Å². The number of phosphoric acid groups is 1. The summed E-state index contributed by atoms with van der Waals surface area (Å²) >= 11 is 0. The number of nitrogens with zero attached hydrogens (tertiary/aromatic N) is 1. The highest BCUT2D eigenvalue weighted by Crippen LogP contribution is 2.38. The van der Waals surface area contributed by atoms with Crippen LogP contribution in [-0.4, -0.2) is 70.0 Å². The third-order valence-corrected chi connectivity index (χ3v) is 13.2. The van der Waals surface area contributed by atoms with Crippen molar-refractivity contribution in [2.24, 2.45) is 0 Å². The lowest BCUT2D eigenvalue weighted by atomic mass is 10.0. The summed E-state index contributed by atoms with van der Waals surface area (Å²) < 4.78 is 34.1. The fourth-order valence-electron chi connectivity index (χ4n) is 8.01. The zero-order valence-corrected chi connectivity index (χ0v) is 43.9. The van der Waals surface area contributed by atoms with Gasteiger partial charge in [0.2, 0.25) is 0 Å². The molecule has 0 aromatic carbocycles. The van der Waals surface area contributed by atoms with Crippen molar-refractivity contribution in [1.29, 1.82) is 0 Å². The molecule has 0 spiro atoms. The highest BCUT2D eigenvalue weighted by Gasteiger charge is 2.21. The minimum Gasteiger partial charge on any atom is -0.756 e. The minimum absolute atomic E-state index is 0.0271. The van der Waals surface area contributed by atoms with Gasteiger partial charge in [0.1, 0.15) is 19.8 Å². The molecule has 0 aromatic heterocycles. The summed E-state index contributed by atoms with van der Waals surface area (Å²) in [7, 11) is 1.18. The van der Waals surface area contributed by atoms with E-state index in [1.807, 2.05) is 21.1 Å². The Kier molecular flexibility index (Phi) is 45.9. The largest absolute Gasteiger partial charge is 0.756 e. The molecular formula is C54H106NO8P. The number of ether oxygens (including phenoxy) is 2. The first-order chi connectivity index (χ1) is 31.0. The first-order valence-electron chi connectivity index (χ1n) is 27.4. The number of esters is 2. The summed E-state index contributed by atoms with van der Waals surface area (Å²) in [6.45, 7) is 4.29. The number of quaternary nitrogens is 1. The molecular weight excluding hydrogens is 822 g/mol. The number of likely N-dealkylation sites (N-methyl/N-ethyl adjacent to an activating group) is 1. The molecule has 0 bridgehead atoms. The molecule has 0 radical (unpaired) electrons. The van der Waals surface area contributed by atoms with E-state index < -0.39 is 26.5 Å². The van der Waals surface area contributed by atoms with Crippen molar-refractivity contribution in [3.8, 4) is 0 Å². The van der Waals surface area contributed by atoms with E-state index in [0.29, 0.717) is 17.4 Å². The van der Waals surface area contributed by atoms with Crippen LogP contribution in [0.4, 0.5) is 0 Å². The van der Waals surface area contributed by atoms with Gasteiger partial charge >= 0.3 is 11.9 Å². The fourth-order valence-corrected chi connectivity index (χ4v) is 8.73. The van der Waals surface area contributed by atoms with E-state index in [1.165, 1.54) is 199 Å². The zero-order chi connectivity index (χ0) is 47.1. The molecule has 0 rings (SSSR count). The molecule has 0 N–H and O–H groups in total. The molecule has 2 atom stereocenters. The van der Waals surface area contributed by atoms with Crippen molar-refractivity contribution in [3.63, 3.8) is 0 Å². The van der Waals surface area contributed by atoms with Crippen molar-refractivity contribution in [2.75, 3.05) is 47.5 Å². The average Bonchev–Trinajstić information content (AvgIpc) is 3.25. The standard InChI is InChI=1S/C54H106NO8P/c1-6-8-10-12-14-16-18-20-22-24-26-27-29-31-33-35-37-39-41-43-45-47-54(57)63-52(51-62-64(58,59)61-49-48-55(3,4)5)50-60-53(56)46-44-42-40-38-36-34-32-30-28-25-23-21-19-17-15-13-11-9-7-2/h20,22,52H,6-19,21,23-51H2,1-5H3/b22-20-/t52-/m1/s1. The fraction of sp³-hybridized carbons (Fsp3) is 0.926. The van der Waals surface area contributed by atoms with Gasteiger partial charge in [-0.1, -0.05) is 231 Å². The van der Waals surface area contributed by atoms with Gasteiger partial charge in [0.05, 0.1) is 27.7 Å². The summed E-state index contributed by atoms with van der Waals surface area (Å²) in [6, 6.07) is 0. The number of allylic oxidation sites excluding steroid dienone is 2. The van der Waals surface area contributed by atoms with Gasteiger partial charge in [0.25, 0.3) is 7.82 Å². The quantitative estimate of drug-likeness (QED) is 0.0195. The van der Waals surface area contributed by atoms with E-state index in [4.69, 9.17) is 18.5 Å². The van der Waals surface area contributed by atoms with E-state index in [9.17, 15) is 19.0 Å². The van der Waals surface area contributed by atoms with Crippen LogP contribution in [0.5, 0.6) is 0 Å². The van der Waals surface area contributed by atoms with Crippen LogP contribution < -0.4 is 4.89 Å². The first-order valence-corrected chi connectivity index (χ1v) is 28.9. The Morgan fingerprint density at radius 2 is 0.797 bits per heavy atom. The lowest BCUT2D eigenvalue weighted by Crippen LogP contribution is -2.37. The van der Waals surface area contributed by atoms with Crippen LogP contribution in [0.2, 0.25) is 0 Å². The van der Waals surface area contributed by atoms with Crippen LogP contribution in [0.1, 0.15) is 271 Å². The van der Waals surface area contributed by atoms with Crippen LogP contribution in [0.25, 0.3) is 0 Å². The molecule has 380 valence electrons. The van der Waals surface area contributed by atoms with Gasteiger partial charge in [-0.05, 0) is 38.5 Å². The van der Waals surface area contributed by atoms with Gasteiger partial charge < -0.3 is 27.9 Å². The molecule has 9 nitrogen and oxygen atoms in total. The van der Waals surface area contributed by atoms with Crippen molar-refractivity contribution in [1.82, 2.24) is 0 Å². The number of phosphoric ester groups is 1. The smallest absolute Gasteiger partial charge is 0.306 e. The maximum Gasteiger partial charge on any atom is 0.306 e. The summed E-state index contributed by atoms with van der Waals surface area (Å²) in [5, 5.41) is 0. The predicted octanol–water partition coefficient (Wildman–Crippen LogP) is 15.8. The molecule has 0 saturated heterocycles. The van der Waals surface area contributed by atoms with E-state index >= 15 is 0 Å². The Balaban J connectivity index is 4.17. The van der Waals surface area contributed by atoms with Gasteiger partial charge in [-0.15, -0.1) is 0 Å². The maximum atomic E-state index is 12.8. The third-order valence-electron chi connectivity index (χ3n) is 12.3. The van der Waals surface area contributed by atoms with Crippen molar-refractivity contribution >= 4 is 19.8 Å². The molecule has 10 heteroatoms. The molecule has 0 saturated carbocycles. The van der Waals surface area contributed by atoms with Crippen molar-refractivity contribution in [2.45, 2.75) is 277 Å². The normalized spacial score (nSPS) is 13.4. The Labute approximate surface area is 396 Å². The molecule has 64 heavy (non-hydrogen) atoms. The number of hydrogen-bond donors (Lipinski definition) is 0. The number of carbonyl (C=O) groups is 2. The third kappa shape index (κ3) is 50.2. The van der Waals surface area contributed by atoms with E-state index in [-0.39, 0.29) is 32.0 Å². The molecule has 0 heterocycles. The second-order valence-corrected chi connectivity index (χ2v) is 21.4. The molecule has 0 fully saturated rings. The summed E-state index contributed by atoms with van der Waals surface area (Å²) in [5.41, 5.74) is 0. The lowest BCUT2D eigenvalue weighted by molar-refractivity contribution is -0.870. The van der Waals surface area contributed by atoms with Crippen LogP contribution in [0.3, 0.4) is 0 Å². The Morgan fingerprint density at radius 1 is 0.469 bits per heavy atom. The second-order valence-electron chi connectivity index (χ2n) is 20.0. The number of carbonyl (C=O) groups excluding carboxylic acids is 2. The Morgan fingerprint density at radius 3 is 1.16 bits per heavy atom. The second kappa shape index (κ2) is 46.8. The Hall–Kier alpha value is -1.25. The maximum absolute atomic E-state index is 12.8. The molecule has 0 aromatic rings. The molecule has 1 unspecified atom stereocenters. The van der Waals surface area contributed by atoms with Crippen LogP contribution in [0.15, 0.2) is 12.2 Å². The molecule has 0 amide bonds.